The van der Waals surface area contributed by atoms with Gasteiger partial charge in [-0.2, -0.15) is 0 Å². The normalized spacial score (nSPS) is 21.9. The van der Waals surface area contributed by atoms with Crippen molar-refractivity contribution in [2.24, 2.45) is 0 Å². The molecule has 0 spiro atoms. The molecule has 1 saturated heterocycles. The number of nitrogens with two attached hydrogens (primary N) is 1. The minimum absolute atomic E-state index is 0.229. The third-order valence-electron chi connectivity index (χ3n) is 3.71. The summed E-state index contributed by atoms with van der Waals surface area (Å²) in [5.74, 6) is -0.997. The van der Waals surface area contributed by atoms with Gasteiger partial charge in [0, 0.05) is 24.1 Å². The summed E-state index contributed by atoms with van der Waals surface area (Å²) >= 11 is 5.94. The SMILES string of the molecule is Nc1c(Cl)ccc2c1CN(C1CCC(=O)NC1=O)C2=O. The van der Waals surface area contributed by atoms with Gasteiger partial charge in [0.2, 0.25) is 11.8 Å². The maximum absolute atomic E-state index is 12.3. The average Bonchev–Trinajstić information content (AvgIpc) is 2.72. The molecule has 7 heteroatoms. The summed E-state index contributed by atoms with van der Waals surface area (Å²) in [4.78, 5) is 36.8. The molecule has 1 unspecified atom stereocenters. The Kier molecular flexibility index (Phi) is 2.90. The van der Waals surface area contributed by atoms with Crippen LogP contribution in [0.4, 0.5) is 5.69 Å². The number of imide groups is 1. The van der Waals surface area contributed by atoms with Gasteiger partial charge in [0.05, 0.1) is 10.7 Å². The van der Waals surface area contributed by atoms with Gasteiger partial charge in [-0.3, -0.25) is 19.7 Å². The molecule has 20 heavy (non-hydrogen) atoms. The lowest BCUT2D eigenvalue weighted by atomic mass is 10.0. The van der Waals surface area contributed by atoms with Crippen molar-refractivity contribution in [3.05, 3.63) is 28.3 Å². The van der Waals surface area contributed by atoms with Gasteiger partial charge >= 0.3 is 0 Å². The molecule has 3 rings (SSSR count). The number of benzene rings is 1. The van der Waals surface area contributed by atoms with Gasteiger partial charge in [0.1, 0.15) is 6.04 Å². The number of nitrogen functional groups attached to an aromatic ring is 1. The quantitative estimate of drug-likeness (QED) is 0.588. The standard InChI is InChI=1S/C13H12ClN3O3/c14-8-2-1-6-7(11(8)15)5-17(13(6)20)9-3-4-10(18)16-12(9)19/h1-2,9H,3-5,15H2,(H,16,18,19). The minimum Gasteiger partial charge on any atom is -0.397 e. The highest BCUT2D eigenvalue weighted by Gasteiger charge is 2.39. The lowest BCUT2D eigenvalue weighted by molar-refractivity contribution is -0.136. The number of amides is 3. The maximum Gasteiger partial charge on any atom is 0.255 e. The van der Waals surface area contributed by atoms with Crippen molar-refractivity contribution in [1.82, 2.24) is 10.2 Å². The number of carbonyl (C=O) groups excluding carboxylic acids is 3. The summed E-state index contributed by atoms with van der Waals surface area (Å²) < 4.78 is 0. The number of piperidine rings is 1. The van der Waals surface area contributed by atoms with Crippen LogP contribution >= 0.6 is 11.6 Å². The molecule has 2 aliphatic rings. The van der Waals surface area contributed by atoms with Crippen molar-refractivity contribution in [3.8, 4) is 0 Å². The number of anilines is 1. The van der Waals surface area contributed by atoms with E-state index < -0.39 is 11.9 Å². The van der Waals surface area contributed by atoms with Crippen molar-refractivity contribution in [2.45, 2.75) is 25.4 Å². The Bertz CT molecular complexity index is 644. The van der Waals surface area contributed by atoms with E-state index in [9.17, 15) is 14.4 Å². The van der Waals surface area contributed by atoms with Crippen LogP contribution in [-0.2, 0) is 16.1 Å². The predicted molar refractivity (Wildman–Crippen MR) is 71.9 cm³/mol. The largest absolute Gasteiger partial charge is 0.397 e. The van der Waals surface area contributed by atoms with Crippen molar-refractivity contribution in [2.75, 3.05) is 5.73 Å². The molecule has 3 amide bonds. The van der Waals surface area contributed by atoms with Crippen LogP contribution in [0, 0.1) is 0 Å². The molecule has 1 fully saturated rings. The van der Waals surface area contributed by atoms with Crippen LogP contribution in [0.2, 0.25) is 5.02 Å². The Morgan fingerprint density at radius 2 is 2.05 bits per heavy atom. The molecule has 0 saturated carbocycles. The number of nitrogens with zero attached hydrogens (tertiary/aromatic N) is 1. The zero-order chi connectivity index (χ0) is 14.4. The Hall–Kier alpha value is -2.08. The van der Waals surface area contributed by atoms with Crippen LogP contribution in [0.25, 0.3) is 0 Å². The molecule has 1 aromatic rings. The Labute approximate surface area is 119 Å². The predicted octanol–water partition coefficient (Wildman–Crippen LogP) is 0.683. The van der Waals surface area contributed by atoms with Crippen LogP contribution in [0.5, 0.6) is 0 Å². The van der Waals surface area contributed by atoms with E-state index in [0.29, 0.717) is 28.3 Å². The molecular weight excluding hydrogens is 282 g/mol. The fourth-order valence-electron chi connectivity index (χ4n) is 2.63. The van der Waals surface area contributed by atoms with E-state index in [-0.39, 0.29) is 24.8 Å². The number of hydrogen-bond acceptors (Lipinski definition) is 4. The number of rotatable bonds is 1. The highest BCUT2D eigenvalue weighted by molar-refractivity contribution is 6.33. The maximum atomic E-state index is 12.3. The van der Waals surface area contributed by atoms with Crippen LogP contribution in [0.1, 0.15) is 28.8 Å². The van der Waals surface area contributed by atoms with E-state index in [0.717, 1.165) is 0 Å². The van der Waals surface area contributed by atoms with E-state index in [1.807, 2.05) is 0 Å². The highest BCUT2D eigenvalue weighted by Crippen LogP contribution is 2.34. The van der Waals surface area contributed by atoms with Crippen molar-refractivity contribution in [3.63, 3.8) is 0 Å². The van der Waals surface area contributed by atoms with E-state index in [4.69, 9.17) is 17.3 Å². The summed E-state index contributed by atoms with van der Waals surface area (Å²) in [5, 5.41) is 2.64. The first kappa shape index (κ1) is 12.9. The first-order valence-corrected chi connectivity index (χ1v) is 6.58. The van der Waals surface area contributed by atoms with Gasteiger partial charge in [0.15, 0.2) is 0 Å². The summed E-state index contributed by atoms with van der Waals surface area (Å²) in [6, 6.07) is 2.55. The number of fused-ring (bicyclic) bond motifs is 1. The Morgan fingerprint density at radius 3 is 2.75 bits per heavy atom. The third-order valence-corrected chi connectivity index (χ3v) is 4.04. The number of carbonyl (C=O) groups is 3. The lowest BCUT2D eigenvalue weighted by Gasteiger charge is -2.29. The van der Waals surface area contributed by atoms with Crippen molar-refractivity contribution in [1.29, 1.82) is 0 Å². The number of nitrogens with one attached hydrogen (secondary N) is 1. The average molecular weight is 294 g/mol. The van der Waals surface area contributed by atoms with E-state index in [1.165, 1.54) is 4.90 Å². The Balaban J connectivity index is 1.92. The highest BCUT2D eigenvalue weighted by atomic mass is 35.5. The van der Waals surface area contributed by atoms with Crippen LogP contribution in [0.15, 0.2) is 12.1 Å². The van der Waals surface area contributed by atoms with E-state index >= 15 is 0 Å². The van der Waals surface area contributed by atoms with Crippen LogP contribution < -0.4 is 11.1 Å². The van der Waals surface area contributed by atoms with Crippen molar-refractivity contribution >= 4 is 35.0 Å². The van der Waals surface area contributed by atoms with Gasteiger partial charge in [-0.15, -0.1) is 0 Å². The molecule has 104 valence electrons. The molecule has 2 aliphatic heterocycles. The van der Waals surface area contributed by atoms with Gasteiger partial charge in [-0.05, 0) is 18.6 Å². The second kappa shape index (κ2) is 4.49. The molecule has 3 N–H and O–H groups in total. The van der Waals surface area contributed by atoms with Crippen LogP contribution in [0.3, 0.4) is 0 Å². The third kappa shape index (κ3) is 1.84. The molecule has 0 aromatic heterocycles. The molecule has 2 heterocycles. The molecule has 6 nitrogen and oxygen atoms in total. The second-order valence-corrected chi connectivity index (χ2v) is 5.29. The molecule has 1 atom stereocenters. The number of halogens is 1. The van der Waals surface area contributed by atoms with Gasteiger partial charge in [-0.25, -0.2) is 0 Å². The first-order chi connectivity index (χ1) is 9.49. The smallest absolute Gasteiger partial charge is 0.255 e. The van der Waals surface area contributed by atoms with Gasteiger partial charge < -0.3 is 10.6 Å². The second-order valence-electron chi connectivity index (χ2n) is 4.89. The Morgan fingerprint density at radius 1 is 1.30 bits per heavy atom. The molecule has 0 bridgehead atoms. The van der Waals surface area contributed by atoms with Gasteiger partial charge in [0.25, 0.3) is 5.91 Å². The summed E-state index contributed by atoms with van der Waals surface area (Å²) in [5.41, 5.74) is 7.36. The zero-order valence-corrected chi connectivity index (χ0v) is 11.2. The summed E-state index contributed by atoms with van der Waals surface area (Å²) in [6.07, 6.45) is 0.560. The van der Waals surface area contributed by atoms with Crippen molar-refractivity contribution < 1.29 is 14.4 Å². The zero-order valence-electron chi connectivity index (χ0n) is 10.5. The van der Waals surface area contributed by atoms with Crippen LogP contribution in [-0.4, -0.2) is 28.7 Å². The van der Waals surface area contributed by atoms with Gasteiger partial charge in [-0.1, -0.05) is 11.6 Å². The minimum atomic E-state index is -0.634. The monoisotopic (exact) mass is 293 g/mol. The topological polar surface area (TPSA) is 92.5 Å². The first-order valence-electron chi connectivity index (χ1n) is 6.20. The fourth-order valence-corrected chi connectivity index (χ4v) is 2.81. The van der Waals surface area contributed by atoms with E-state index in [1.54, 1.807) is 12.1 Å². The number of hydrogen-bond donors (Lipinski definition) is 2. The fraction of sp³-hybridized carbons (Fsp3) is 0.308. The molecule has 0 radical (unpaired) electrons. The van der Waals surface area contributed by atoms with E-state index in [2.05, 4.69) is 5.32 Å². The summed E-state index contributed by atoms with van der Waals surface area (Å²) in [7, 11) is 0. The molecule has 0 aliphatic carbocycles. The lowest BCUT2D eigenvalue weighted by Crippen LogP contribution is -2.52. The molecular formula is C13H12ClN3O3. The molecule has 1 aromatic carbocycles. The summed E-state index contributed by atoms with van der Waals surface area (Å²) in [6.45, 7) is 0.243.